The molecule has 0 radical (unpaired) electrons. The summed E-state index contributed by atoms with van der Waals surface area (Å²) in [6.07, 6.45) is 2.57. The molecule has 1 aliphatic rings. The topological polar surface area (TPSA) is 121 Å². The maximum atomic E-state index is 12.0. The number of urea groups is 1. The predicted molar refractivity (Wildman–Crippen MR) is 124 cm³/mol. The molecule has 180 valence electrons. The summed E-state index contributed by atoms with van der Waals surface area (Å²) in [4.78, 5) is 35.9. The van der Waals surface area contributed by atoms with Crippen molar-refractivity contribution in [2.24, 2.45) is 0 Å². The number of methoxy groups -OCH3 is 1. The van der Waals surface area contributed by atoms with Crippen molar-refractivity contribution < 1.29 is 38.1 Å². The number of carbonyl (C=O) groups is 3. The first-order chi connectivity index (χ1) is 16.4. The van der Waals surface area contributed by atoms with Crippen LogP contribution in [0.2, 0.25) is 5.02 Å². The Morgan fingerprint density at radius 3 is 2.62 bits per heavy atom. The second-order valence-corrected chi connectivity index (χ2v) is 7.18. The first kappa shape index (κ1) is 24.7. The van der Waals surface area contributed by atoms with Crippen LogP contribution in [0, 0.1) is 0 Å². The predicted octanol–water partition coefficient (Wildman–Crippen LogP) is 3.42. The van der Waals surface area contributed by atoms with E-state index < -0.39 is 24.5 Å². The number of hydrogen-bond donors (Lipinski definition) is 2. The summed E-state index contributed by atoms with van der Waals surface area (Å²) in [7, 11) is 1.47. The van der Waals surface area contributed by atoms with Crippen LogP contribution in [-0.4, -0.2) is 51.4 Å². The summed E-state index contributed by atoms with van der Waals surface area (Å²) in [5.74, 6) is 0.278. The maximum Gasteiger partial charge on any atom is 0.331 e. The Hall–Kier alpha value is -3.92. The number of carbonyl (C=O) groups excluding carboxylic acids is 3. The number of benzene rings is 2. The van der Waals surface area contributed by atoms with E-state index >= 15 is 0 Å². The van der Waals surface area contributed by atoms with Crippen molar-refractivity contribution in [3.05, 3.63) is 47.0 Å². The van der Waals surface area contributed by atoms with E-state index in [9.17, 15) is 14.4 Å². The standard InChI is InChI=1S/C23H23ClN2O8/c1-3-31-19-11-14(10-16(24)22(19)30-2)4-7-21(28)34-13-20(27)26-23(29)25-15-5-6-17-18(12-15)33-9-8-32-17/h4-7,10-12H,3,8-9,13H2,1-2H3,(H2,25,26,27,29)/b7-4+. The number of hydrogen-bond acceptors (Lipinski definition) is 8. The lowest BCUT2D eigenvalue weighted by molar-refractivity contribution is -0.143. The lowest BCUT2D eigenvalue weighted by atomic mass is 10.2. The summed E-state index contributed by atoms with van der Waals surface area (Å²) in [6, 6.07) is 7.27. The van der Waals surface area contributed by atoms with E-state index in [1.54, 1.807) is 30.3 Å². The largest absolute Gasteiger partial charge is 0.491 e. The number of imide groups is 1. The molecule has 0 aliphatic carbocycles. The van der Waals surface area contributed by atoms with Crippen LogP contribution >= 0.6 is 11.6 Å². The molecule has 0 unspecified atom stereocenters. The Labute approximate surface area is 200 Å². The highest BCUT2D eigenvalue weighted by molar-refractivity contribution is 6.32. The lowest BCUT2D eigenvalue weighted by Crippen LogP contribution is -2.37. The molecular weight excluding hydrogens is 468 g/mol. The molecule has 2 N–H and O–H groups in total. The summed E-state index contributed by atoms with van der Waals surface area (Å²) < 4.78 is 26.4. The highest BCUT2D eigenvalue weighted by Crippen LogP contribution is 2.36. The normalized spacial score (nSPS) is 12.1. The van der Waals surface area contributed by atoms with Gasteiger partial charge in [-0.2, -0.15) is 0 Å². The van der Waals surface area contributed by atoms with E-state index in [2.05, 4.69) is 10.6 Å². The van der Waals surface area contributed by atoms with Crippen molar-refractivity contribution in [2.45, 2.75) is 6.92 Å². The first-order valence-corrected chi connectivity index (χ1v) is 10.6. The van der Waals surface area contributed by atoms with Crippen LogP contribution in [0.25, 0.3) is 6.08 Å². The van der Waals surface area contributed by atoms with Crippen LogP contribution in [-0.2, 0) is 14.3 Å². The van der Waals surface area contributed by atoms with Gasteiger partial charge in [-0.15, -0.1) is 0 Å². The Kier molecular flexibility index (Phi) is 8.58. The Balaban J connectivity index is 1.47. The number of esters is 1. The van der Waals surface area contributed by atoms with Gasteiger partial charge < -0.3 is 29.0 Å². The molecule has 0 fully saturated rings. The van der Waals surface area contributed by atoms with Crippen molar-refractivity contribution in [1.29, 1.82) is 0 Å². The van der Waals surface area contributed by atoms with Crippen LogP contribution in [0.4, 0.5) is 10.5 Å². The number of anilines is 1. The summed E-state index contributed by atoms with van der Waals surface area (Å²) in [6.45, 7) is 2.42. The van der Waals surface area contributed by atoms with Crippen LogP contribution < -0.4 is 29.6 Å². The highest BCUT2D eigenvalue weighted by Gasteiger charge is 2.15. The average Bonchev–Trinajstić information content (AvgIpc) is 2.81. The molecule has 3 rings (SSSR count). The minimum absolute atomic E-state index is 0.310. The molecule has 0 saturated carbocycles. The summed E-state index contributed by atoms with van der Waals surface area (Å²) >= 11 is 6.17. The fourth-order valence-corrected chi connectivity index (χ4v) is 3.24. The third-order valence-corrected chi connectivity index (χ3v) is 4.63. The van der Waals surface area contributed by atoms with Crippen molar-refractivity contribution in [1.82, 2.24) is 5.32 Å². The number of ether oxygens (including phenoxy) is 5. The zero-order valence-electron chi connectivity index (χ0n) is 18.5. The third kappa shape index (κ3) is 6.79. The molecule has 34 heavy (non-hydrogen) atoms. The molecule has 1 aliphatic heterocycles. The van der Waals surface area contributed by atoms with E-state index in [1.165, 1.54) is 13.2 Å². The van der Waals surface area contributed by atoms with Crippen LogP contribution in [0.1, 0.15) is 12.5 Å². The van der Waals surface area contributed by atoms with Crippen molar-refractivity contribution in [2.75, 3.05) is 38.9 Å². The van der Waals surface area contributed by atoms with Gasteiger partial charge in [-0.05, 0) is 42.8 Å². The fraction of sp³-hybridized carbons (Fsp3) is 0.261. The Morgan fingerprint density at radius 1 is 1.12 bits per heavy atom. The third-order valence-electron chi connectivity index (χ3n) is 4.35. The molecule has 10 nitrogen and oxygen atoms in total. The van der Waals surface area contributed by atoms with Gasteiger partial charge in [-0.3, -0.25) is 10.1 Å². The van der Waals surface area contributed by atoms with E-state index in [0.29, 0.717) is 59.1 Å². The number of fused-ring (bicyclic) bond motifs is 1. The molecule has 11 heteroatoms. The summed E-state index contributed by atoms with van der Waals surface area (Å²) in [5.41, 5.74) is 0.966. The number of rotatable bonds is 8. The molecule has 0 bridgehead atoms. The molecule has 0 atom stereocenters. The van der Waals surface area contributed by atoms with E-state index in [4.69, 9.17) is 35.3 Å². The molecule has 0 aromatic heterocycles. The van der Waals surface area contributed by atoms with Gasteiger partial charge in [0.25, 0.3) is 5.91 Å². The van der Waals surface area contributed by atoms with Gasteiger partial charge in [0.05, 0.1) is 18.7 Å². The minimum Gasteiger partial charge on any atom is -0.491 e. The van der Waals surface area contributed by atoms with E-state index in [0.717, 1.165) is 6.08 Å². The zero-order chi connectivity index (χ0) is 24.5. The monoisotopic (exact) mass is 490 g/mol. The molecule has 3 amide bonds. The van der Waals surface area contributed by atoms with Gasteiger partial charge in [0.1, 0.15) is 13.2 Å². The zero-order valence-corrected chi connectivity index (χ0v) is 19.3. The van der Waals surface area contributed by atoms with Crippen LogP contribution in [0.15, 0.2) is 36.4 Å². The lowest BCUT2D eigenvalue weighted by Gasteiger charge is -2.19. The minimum atomic E-state index is -0.803. The number of halogens is 1. The van der Waals surface area contributed by atoms with Crippen LogP contribution in [0.3, 0.4) is 0 Å². The second-order valence-electron chi connectivity index (χ2n) is 6.77. The van der Waals surface area contributed by atoms with Crippen LogP contribution in [0.5, 0.6) is 23.0 Å². The molecular formula is C23H23ClN2O8. The van der Waals surface area contributed by atoms with E-state index in [1.807, 2.05) is 6.92 Å². The van der Waals surface area contributed by atoms with Crippen molar-refractivity contribution in [3.8, 4) is 23.0 Å². The Morgan fingerprint density at radius 2 is 1.88 bits per heavy atom. The van der Waals surface area contributed by atoms with Gasteiger partial charge in [0.2, 0.25) is 0 Å². The fourth-order valence-electron chi connectivity index (χ4n) is 2.94. The smallest absolute Gasteiger partial charge is 0.331 e. The molecule has 2 aromatic carbocycles. The van der Waals surface area contributed by atoms with Gasteiger partial charge >= 0.3 is 12.0 Å². The van der Waals surface area contributed by atoms with E-state index in [-0.39, 0.29) is 0 Å². The summed E-state index contributed by atoms with van der Waals surface area (Å²) in [5, 5.41) is 4.87. The van der Waals surface area contributed by atoms with Gasteiger partial charge in [-0.25, -0.2) is 9.59 Å². The van der Waals surface area contributed by atoms with Crippen molar-refractivity contribution >= 4 is 41.3 Å². The molecule has 2 aromatic rings. The highest BCUT2D eigenvalue weighted by atomic mass is 35.5. The first-order valence-electron chi connectivity index (χ1n) is 10.2. The molecule has 1 heterocycles. The maximum absolute atomic E-state index is 12.0. The van der Waals surface area contributed by atoms with Gasteiger partial charge in [-0.1, -0.05) is 11.6 Å². The number of nitrogens with one attached hydrogen (secondary N) is 2. The SMILES string of the molecule is CCOc1cc(/C=C/C(=O)OCC(=O)NC(=O)Nc2ccc3c(c2)OCCO3)cc(Cl)c1OC. The average molecular weight is 491 g/mol. The van der Waals surface area contributed by atoms with Crippen molar-refractivity contribution in [3.63, 3.8) is 0 Å². The van der Waals surface area contributed by atoms with Gasteiger partial charge in [0, 0.05) is 17.8 Å². The Bertz CT molecular complexity index is 1100. The van der Waals surface area contributed by atoms with Gasteiger partial charge in [0.15, 0.2) is 29.6 Å². The molecule has 0 spiro atoms. The quantitative estimate of drug-likeness (QED) is 0.426. The number of amides is 3. The molecule has 0 saturated heterocycles. The second kappa shape index (κ2) is 11.8.